The number of ether oxygens (including phenoxy) is 1. The van der Waals surface area contributed by atoms with Gasteiger partial charge in [0.2, 0.25) is 0 Å². The molecule has 164 valence electrons. The van der Waals surface area contributed by atoms with E-state index in [4.69, 9.17) is 4.74 Å². The average molecular weight is 431 g/mol. The van der Waals surface area contributed by atoms with Crippen molar-refractivity contribution in [2.24, 2.45) is 7.05 Å². The Morgan fingerprint density at radius 3 is 2.58 bits per heavy atom. The molecule has 3 rings (SSSR count). The number of benzene rings is 1. The van der Waals surface area contributed by atoms with Gasteiger partial charge in [0.1, 0.15) is 17.3 Å². The molecule has 0 amide bonds. The Bertz CT molecular complexity index is 1100. The minimum absolute atomic E-state index is 0.0680. The number of halogens is 3. The summed E-state index contributed by atoms with van der Waals surface area (Å²) in [5.74, 6) is -0.210. The van der Waals surface area contributed by atoms with Crippen LogP contribution in [-0.2, 0) is 13.2 Å². The van der Waals surface area contributed by atoms with Crippen LogP contribution in [-0.4, -0.2) is 45.7 Å². The molecule has 0 fully saturated rings. The largest absolute Gasteiger partial charge is 0.493 e. The molecule has 0 spiro atoms. The Labute approximate surface area is 178 Å². The second-order valence-electron chi connectivity index (χ2n) is 7.13. The molecule has 2 aromatic heterocycles. The van der Waals surface area contributed by atoms with E-state index >= 15 is 0 Å². The number of nitriles is 1. The Balaban J connectivity index is 1.91. The first kappa shape index (κ1) is 22.6. The fraction of sp³-hybridized carbons (Fsp3) is 0.409. The maximum atomic E-state index is 13.7. The van der Waals surface area contributed by atoms with Crippen LogP contribution in [0.3, 0.4) is 0 Å². The zero-order valence-electron chi connectivity index (χ0n) is 17.7. The second-order valence-corrected chi connectivity index (χ2v) is 7.13. The van der Waals surface area contributed by atoms with Crippen LogP contribution in [0, 0.1) is 11.3 Å². The molecular weight excluding hydrogens is 407 g/mol. The van der Waals surface area contributed by atoms with Crippen molar-refractivity contribution in [1.29, 1.82) is 5.26 Å². The number of nitrogens with zero attached hydrogens (tertiary/aromatic N) is 5. The van der Waals surface area contributed by atoms with Gasteiger partial charge >= 0.3 is 6.18 Å². The highest BCUT2D eigenvalue weighted by atomic mass is 19.4. The maximum absolute atomic E-state index is 13.7. The number of alkyl halides is 3. The van der Waals surface area contributed by atoms with Crippen LogP contribution < -0.4 is 4.74 Å². The number of aryl methyl sites for hydroxylation is 1. The Morgan fingerprint density at radius 1 is 1.19 bits per heavy atom. The van der Waals surface area contributed by atoms with Crippen LogP contribution in [0.15, 0.2) is 30.6 Å². The van der Waals surface area contributed by atoms with Gasteiger partial charge in [0.05, 0.1) is 29.7 Å². The molecule has 0 aliphatic heterocycles. The summed E-state index contributed by atoms with van der Waals surface area (Å²) in [5.41, 5.74) is 0.759. The molecule has 31 heavy (non-hydrogen) atoms. The number of fused-ring (bicyclic) bond motifs is 1. The third-order valence-electron chi connectivity index (χ3n) is 5.17. The third kappa shape index (κ3) is 4.97. The first-order chi connectivity index (χ1) is 14.8. The summed E-state index contributed by atoms with van der Waals surface area (Å²) < 4.78 is 48.4. The van der Waals surface area contributed by atoms with Gasteiger partial charge in [0.15, 0.2) is 5.69 Å². The van der Waals surface area contributed by atoms with Crippen LogP contribution in [0.4, 0.5) is 13.2 Å². The van der Waals surface area contributed by atoms with E-state index in [1.807, 2.05) is 19.9 Å². The lowest BCUT2D eigenvalue weighted by molar-refractivity contribution is -0.138. The standard InChI is InChI=1S/C22H24F3N5O/c1-4-30(5-2)9-6-10-31-20-8-7-15(11-16(20)22(23,24)25)17-12-19-21(18(13-26)28-17)27-14-29(19)3/h7-8,11-12,14H,4-6,9-10H2,1-3H3. The summed E-state index contributed by atoms with van der Waals surface area (Å²) in [6.07, 6.45) is -2.42. The summed E-state index contributed by atoms with van der Waals surface area (Å²) in [5, 5.41) is 9.37. The van der Waals surface area contributed by atoms with Gasteiger partial charge in [-0.05, 0) is 43.8 Å². The molecule has 0 aliphatic rings. The van der Waals surface area contributed by atoms with Gasteiger partial charge < -0.3 is 14.2 Å². The van der Waals surface area contributed by atoms with Gasteiger partial charge in [-0.15, -0.1) is 0 Å². The van der Waals surface area contributed by atoms with Crippen molar-refractivity contribution >= 4 is 11.0 Å². The van der Waals surface area contributed by atoms with Crippen molar-refractivity contribution in [3.63, 3.8) is 0 Å². The predicted octanol–water partition coefficient (Wildman–Crippen LogP) is 4.64. The van der Waals surface area contributed by atoms with Crippen molar-refractivity contribution in [2.75, 3.05) is 26.2 Å². The van der Waals surface area contributed by atoms with Crippen molar-refractivity contribution < 1.29 is 17.9 Å². The van der Waals surface area contributed by atoms with Gasteiger partial charge in [-0.25, -0.2) is 9.97 Å². The molecule has 2 heterocycles. The number of imidazole rings is 1. The summed E-state index contributed by atoms with van der Waals surface area (Å²) in [6.45, 7) is 6.81. The van der Waals surface area contributed by atoms with Crippen molar-refractivity contribution in [1.82, 2.24) is 19.4 Å². The fourth-order valence-electron chi connectivity index (χ4n) is 3.40. The van der Waals surface area contributed by atoms with Crippen LogP contribution >= 0.6 is 0 Å². The molecule has 0 radical (unpaired) electrons. The third-order valence-corrected chi connectivity index (χ3v) is 5.17. The molecule has 0 bridgehead atoms. The van der Waals surface area contributed by atoms with E-state index in [0.717, 1.165) is 25.7 Å². The number of rotatable bonds is 8. The lowest BCUT2D eigenvalue weighted by atomic mass is 10.1. The molecule has 0 aliphatic carbocycles. The van der Waals surface area contributed by atoms with E-state index in [0.29, 0.717) is 17.5 Å². The number of pyridine rings is 1. The zero-order valence-corrected chi connectivity index (χ0v) is 17.7. The van der Waals surface area contributed by atoms with Gasteiger partial charge in [-0.3, -0.25) is 0 Å². The van der Waals surface area contributed by atoms with E-state index in [9.17, 15) is 18.4 Å². The van der Waals surface area contributed by atoms with Crippen molar-refractivity contribution in [2.45, 2.75) is 26.4 Å². The molecule has 0 saturated carbocycles. The van der Waals surface area contributed by atoms with E-state index < -0.39 is 11.7 Å². The summed E-state index contributed by atoms with van der Waals surface area (Å²) in [6, 6.07) is 7.46. The smallest absolute Gasteiger partial charge is 0.419 e. The van der Waals surface area contributed by atoms with Crippen molar-refractivity contribution in [3.05, 3.63) is 41.9 Å². The van der Waals surface area contributed by atoms with Crippen LogP contribution in [0.1, 0.15) is 31.5 Å². The minimum Gasteiger partial charge on any atom is -0.493 e. The molecule has 6 nitrogen and oxygen atoms in total. The SMILES string of the molecule is CCN(CC)CCCOc1ccc(-c2cc3c(ncn3C)c(C#N)n2)cc1C(F)(F)F. The average Bonchev–Trinajstić information content (AvgIpc) is 3.13. The van der Waals surface area contributed by atoms with Crippen LogP contribution in [0.5, 0.6) is 5.75 Å². The highest BCUT2D eigenvalue weighted by Crippen LogP contribution is 2.39. The number of hydrogen-bond donors (Lipinski definition) is 0. The van der Waals surface area contributed by atoms with E-state index in [-0.39, 0.29) is 29.3 Å². The van der Waals surface area contributed by atoms with E-state index in [2.05, 4.69) is 14.9 Å². The number of hydrogen-bond acceptors (Lipinski definition) is 5. The molecule has 0 unspecified atom stereocenters. The number of aromatic nitrogens is 3. The first-order valence-corrected chi connectivity index (χ1v) is 10.1. The minimum atomic E-state index is -4.58. The predicted molar refractivity (Wildman–Crippen MR) is 112 cm³/mol. The Hall–Kier alpha value is -3.12. The molecule has 0 saturated heterocycles. The molecule has 9 heteroatoms. The van der Waals surface area contributed by atoms with Crippen LogP contribution in [0.2, 0.25) is 0 Å². The molecule has 0 N–H and O–H groups in total. The Morgan fingerprint density at radius 2 is 1.94 bits per heavy atom. The quantitative estimate of drug-likeness (QED) is 0.486. The highest BCUT2D eigenvalue weighted by molar-refractivity contribution is 5.84. The van der Waals surface area contributed by atoms with Gasteiger partial charge in [-0.1, -0.05) is 13.8 Å². The highest BCUT2D eigenvalue weighted by Gasteiger charge is 2.35. The van der Waals surface area contributed by atoms with E-state index in [1.165, 1.54) is 18.5 Å². The van der Waals surface area contributed by atoms with Gasteiger partial charge in [0, 0.05) is 19.2 Å². The molecule has 0 atom stereocenters. The normalized spacial score (nSPS) is 11.8. The fourth-order valence-corrected chi connectivity index (χ4v) is 3.40. The maximum Gasteiger partial charge on any atom is 0.419 e. The zero-order chi connectivity index (χ0) is 22.6. The molecular formula is C22H24F3N5O. The monoisotopic (exact) mass is 431 g/mol. The van der Waals surface area contributed by atoms with Gasteiger partial charge in [-0.2, -0.15) is 18.4 Å². The molecule has 3 aromatic rings. The summed E-state index contributed by atoms with van der Waals surface area (Å²) in [7, 11) is 1.75. The lowest BCUT2D eigenvalue weighted by Gasteiger charge is -2.19. The second kappa shape index (κ2) is 9.35. The summed E-state index contributed by atoms with van der Waals surface area (Å²) in [4.78, 5) is 10.5. The Kier molecular flexibility index (Phi) is 6.81. The van der Waals surface area contributed by atoms with Gasteiger partial charge in [0.25, 0.3) is 0 Å². The summed E-state index contributed by atoms with van der Waals surface area (Å²) >= 11 is 0. The van der Waals surface area contributed by atoms with E-state index in [1.54, 1.807) is 17.7 Å². The topological polar surface area (TPSA) is 67.0 Å². The molecule has 1 aromatic carbocycles. The first-order valence-electron chi connectivity index (χ1n) is 10.1. The van der Waals surface area contributed by atoms with Crippen LogP contribution in [0.25, 0.3) is 22.3 Å². The lowest BCUT2D eigenvalue weighted by Crippen LogP contribution is -2.25. The van der Waals surface area contributed by atoms with Crippen molar-refractivity contribution in [3.8, 4) is 23.1 Å².